The molecule has 1 heterocycles. The number of benzene rings is 1. The van der Waals surface area contributed by atoms with Gasteiger partial charge in [0.2, 0.25) is 5.91 Å². The number of likely N-dealkylation sites (tertiary alicyclic amines) is 1. The second-order valence-electron chi connectivity index (χ2n) is 6.09. The predicted molar refractivity (Wildman–Crippen MR) is 84.9 cm³/mol. The lowest BCUT2D eigenvalue weighted by Crippen LogP contribution is -2.41. The summed E-state index contributed by atoms with van der Waals surface area (Å²) in [6.45, 7) is 6.64. The Morgan fingerprint density at radius 1 is 1.29 bits per heavy atom. The SMILES string of the molecule is CCC(C)CC(=O)N1CCC(OCc2ccccc2)CC1. The van der Waals surface area contributed by atoms with E-state index in [2.05, 4.69) is 26.0 Å². The summed E-state index contributed by atoms with van der Waals surface area (Å²) in [4.78, 5) is 14.1. The lowest BCUT2D eigenvalue weighted by molar-refractivity contribution is -0.134. The van der Waals surface area contributed by atoms with Gasteiger partial charge in [-0.05, 0) is 24.3 Å². The van der Waals surface area contributed by atoms with Crippen molar-refractivity contribution in [1.82, 2.24) is 4.90 Å². The predicted octanol–water partition coefficient (Wildman–Crippen LogP) is 3.63. The number of amides is 1. The molecule has 1 aromatic carbocycles. The highest BCUT2D eigenvalue weighted by molar-refractivity contribution is 5.76. The third-order valence-electron chi connectivity index (χ3n) is 4.34. The van der Waals surface area contributed by atoms with Gasteiger partial charge in [-0.3, -0.25) is 4.79 Å². The zero-order valence-electron chi connectivity index (χ0n) is 13.3. The number of hydrogen-bond donors (Lipinski definition) is 0. The first kappa shape index (κ1) is 16.0. The largest absolute Gasteiger partial charge is 0.373 e. The topological polar surface area (TPSA) is 29.5 Å². The van der Waals surface area contributed by atoms with Crippen LogP contribution in [-0.2, 0) is 16.1 Å². The molecule has 116 valence electrons. The molecular formula is C18H27NO2. The average molecular weight is 289 g/mol. The summed E-state index contributed by atoms with van der Waals surface area (Å²) in [7, 11) is 0. The van der Waals surface area contributed by atoms with Gasteiger partial charge in [-0.25, -0.2) is 0 Å². The van der Waals surface area contributed by atoms with Crippen molar-refractivity contribution in [2.75, 3.05) is 13.1 Å². The van der Waals surface area contributed by atoms with Gasteiger partial charge in [0.1, 0.15) is 0 Å². The van der Waals surface area contributed by atoms with Crippen LogP contribution in [0.25, 0.3) is 0 Å². The van der Waals surface area contributed by atoms with E-state index >= 15 is 0 Å². The minimum Gasteiger partial charge on any atom is -0.373 e. The first-order chi connectivity index (χ1) is 10.2. The highest BCUT2D eigenvalue weighted by atomic mass is 16.5. The van der Waals surface area contributed by atoms with Crippen molar-refractivity contribution in [3.8, 4) is 0 Å². The van der Waals surface area contributed by atoms with Gasteiger partial charge < -0.3 is 9.64 Å². The molecule has 1 unspecified atom stereocenters. The minimum absolute atomic E-state index is 0.290. The molecule has 1 aliphatic heterocycles. The fraction of sp³-hybridized carbons (Fsp3) is 0.611. The van der Waals surface area contributed by atoms with E-state index in [1.54, 1.807) is 0 Å². The maximum absolute atomic E-state index is 12.1. The quantitative estimate of drug-likeness (QED) is 0.800. The van der Waals surface area contributed by atoms with Crippen LogP contribution in [0, 0.1) is 5.92 Å². The molecule has 0 aromatic heterocycles. The van der Waals surface area contributed by atoms with E-state index in [0.29, 0.717) is 24.9 Å². The number of carbonyl (C=O) groups excluding carboxylic acids is 1. The van der Waals surface area contributed by atoms with Crippen molar-refractivity contribution in [3.05, 3.63) is 35.9 Å². The highest BCUT2D eigenvalue weighted by Crippen LogP contribution is 2.18. The lowest BCUT2D eigenvalue weighted by Gasteiger charge is -2.32. The van der Waals surface area contributed by atoms with E-state index in [-0.39, 0.29) is 6.10 Å². The van der Waals surface area contributed by atoms with Gasteiger partial charge in [0, 0.05) is 19.5 Å². The van der Waals surface area contributed by atoms with Gasteiger partial charge in [0.25, 0.3) is 0 Å². The standard InChI is InChI=1S/C18H27NO2/c1-3-15(2)13-18(20)19-11-9-17(10-12-19)21-14-16-7-5-4-6-8-16/h4-8,15,17H,3,9-14H2,1-2H3. The van der Waals surface area contributed by atoms with Crippen molar-refractivity contribution < 1.29 is 9.53 Å². The molecule has 1 atom stereocenters. The van der Waals surface area contributed by atoms with E-state index in [0.717, 1.165) is 32.4 Å². The molecule has 0 spiro atoms. The van der Waals surface area contributed by atoms with Gasteiger partial charge in [0.15, 0.2) is 0 Å². The van der Waals surface area contributed by atoms with Crippen molar-refractivity contribution in [1.29, 1.82) is 0 Å². The number of ether oxygens (including phenoxy) is 1. The maximum Gasteiger partial charge on any atom is 0.222 e. The molecule has 2 rings (SSSR count). The molecule has 0 radical (unpaired) electrons. The molecule has 1 fully saturated rings. The Morgan fingerprint density at radius 3 is 2.57 bits per heavy atom. The molecule has 21 heavy (non-hydrogen) atoms. The van der Waals surface area contributed by atoms with Crippen LogP contribution in [0.5, 0.6) is 0 Å². The third kappa shape index (κ3) is 5.16. The smallest absolute Gasteiger partial charge is 0.222 e. The molecule has 1 aromatic rings. The Hall–Kier alpha value is -1.35. The lowest BCUT2D eigenvalue weighted by atomic mass is 10.0. The minimum atomic E-state index is 0.290. The molecule has 1 amide bonds. The molecule has 0 saturated carbocycles. The van der Waals surface area contributed by atoms with Gasteiger partial charge in [-0.1, -0.05) is 50.6 Å². The summed E-state index contributed by atoms with van der Waals surface area (Å²) < 4.78 is 5.96. The second kappa shape index (κ2) is 8.18. The number of nitrogens with zero attached hydrogens (tertiary/aromatic N) is 1. The van der Waals surface area contributed by atoms with Gasteiger partial charge in [-0.2, -0.15) is 0 Å². The molecule has 1 aliphatic rings. The first-order valence-electron chi connectivity index (χ1n) is 8.12. The Kier molecular flexibility index (Phi) is 6.24. The van der Waals surface area contributed by atoms with Crippen molar-refractivity contribution >= 4 is 5.91 Å². The zero-order chi connectivity index (χ0) is 15.1. The molecule has 1 saturated heterocycles. The van der Waals surface area contributed by atoms with Crippen LogP contribution in [-0.4, -0.2) is 30.0 Å². The normalized spacial score (nSPS) is 17.7. The maximum atomic E-state index is 12.1. The zero-order valence-corrected chi connectivity index (χ0v) is 13.3. The van der Waals surface area contributed by atoms with Crippen LogP contribution in [0.2, 0.25) is 0 Å². The molecule has 0 N–H and O–H groups in total. The molecule has 3 heteroatoms. The van der Waals surface area contributed by atoms with Crippen molar-refractivity contribution in [2.45, 2.75) is 52.2 Å². The third-order valence-corrected chi connectivity index (χ3v) is 4.34. The van der Waals surface area contributed by atoms with E-state index in [1.807, 2.05) is 23.1 Å². The Bertz CT molecular complexity index is 424. The van der Waals surface area contributed by atoms with E-state index in [9.17, 15) is 4.79 Å². The van der Waals surface area contributed by atoms with Crippen LogP contribution in [0.1, 0.15) is 45.1 Å². The number of rotatable bonds is 6. The summed E-state index contributed by atoms with van der Waals surface area (Å²) in [5.41, 5.74) is 1.22. The summed E-state index contributed by atoms with van der Waals surface area (Å²) >= 11 is 0. The molecule has 3 nitrogen and oxygen atoms in total. The van der Waals surface area contributed by atoms with Crippen LogP contribution < -0.4 is 0 Å². The number of carbonyl (C=O) groups is 1. The van der Waals surface area contributed by atoms with Crippen molar-refractivity contribution in [2.24, 2.45) is 5.92 Å². The Balaban J connectivity index is 1.69. The molecule has 0 aliphatic carbocycles. The Labute approximate surface area is 128 Å². The highest BCUT2D eigenvalue weighted by Gasteiger charge is 2.23. The van der Waals surface area contributed by atoms with E-state index in [1.165, 1.54) is 5.56 Å². The Morgan fingerprint density at radius 2 is 1.95 bits per heavy atom. The van der Waals surface area contributed by atoms with Gasteiger partial charge in [-0.15, -0.1) is 0 Å². The summed E-state index contributed by atoms with van der Waals surface area (Å²) in [6.07, 6.45) is 3.96. The van der Waals surface area contributed by atoms with E-state index < -0.39 is 0 Å². The van der Waals surface area contributed by atoms with Gasteiger partial charge in [0.05, 0.1) is 12.7 Å². The summed E-state index contributed by atoms with van der Waals surface area (Å²) in [6, 6.07) is 10.3. The van der Waals surface area contributed by atoms with Crippen LogP contribution in [0.15, 0.2) is 30.3 Å². The first-order valence-corrected chi connectivity index (χ1v) is 8.12. The fourth-order valence-corrected chi connectivity index (χ4v) is 2.63. The monoisotopic (exact) mass is 289 g/mol. The van der Waals surface area contributed by atoms with Crippen molar-refractivity contribution in [3.63, 3.8) is 0 Å². The summed E-state index contributed by atoms with van der Waals surface area (Å²) in [5, 5.41) is 0. The number of piperidine rings is 1. The fourth-order valence-electron chi connectivity index (χ4n) is 2.63. The molecule has 0 bridgehead atoms. The second-order valence-corrected chi connectivity index (χ2v) is 6.09. The molecular weight excluding hydrogens is 262 g/mol. The van der Waals surface area contributed by atoms with E-state index in [4.69, 9.17) is 4.74 Å². The van der Waals surface area contributed by atoms with Gasteiger partial charge >= 0.3 is 0 Å². The average Bonchev–Trinajstić information content (AvgIpc) is 2.54. The van der Waals surface area contributed by atoms with Crippen LogP contribution in [0.3, 0.4) is 0 Å². The summed E-state index contributed by atoms with van der Waals surface area (Å²) in [5.74, 6) is 0.801. The van der Waals surface area contributed by atoms with Crippen LogP contribution >= 0.6 is 0 Å². The van der Waals surface area contributed by atoms with Crippen LogP contribution in [0.4, 0.5) is 0 Å². The number of hydrogen-bond acceptors (Lipinski definition) is 2.